The molecule has 4 nitrogen and oxygen atoms in total. The SMILES string of the molecule is Cc1ccnc(N(C(=O)OC(C)(C)C)c2cc(Cl)ccc2C)c1. The number of pyridine rings is 1. The highest BCUT2D eigenvalue weighted by Gasteiger charge is 2.27. The number of aromatic nitrogens is 1. The van der Waals surface area contributed by atoms with Crippen molar-refractivity contribution in [2.45, 2.75) is 40.2 Å². The topological polar surface area (TPSA) is 42.4 Å². The van der Waals surface area contributed by atoms with Crippen molar-refractivity contribution in [2.75, 3.05) is 4.90 Å². The Balaban J connectivity index is 2.55. The van der Waals surface area contributed by atoms with Gasteiger partial charge in [0, 0.05) is 11.2 Å². The van der Waals surface area contributed by atoms with Crippen LogP contribution in [0, 0.1) is 13.8 Å². The normalized spacial score (nSPS) is 11.2. The fourth-order valence-corrected chi connectivity index (χ4v) is 2.26. The number of hydrogen-bond acceptors (Lipinski definition) is 3. The molecule has 5 heteroatoms. The molecule has 1 aromatic carbocycles. The lowest BCUT2D eigenvalue weighted by atomic mass is 10.1. The van der Waals surface area contributed by atoms with Gasteiger partial charge >= 0.3 is 6.09 Å². The molecule has 122 valence electrons. The van der Waals surface area contributed by atoms with Crippen LogP contribution < -0.4 is 4.90 Å². The Morgan fingerprint density at radius 3 is 2.48 bits per heavy atom. The molecule has 0 radical (unpaired) electrons. The average Bonchev–Trinajstić information content (AvgIpc) is 2.41. The van der Waals surface area contributed by atoms with E-state index in [4.69, 9.17) is 16.3 Å². The van der Waals surface area contributed by atoms with Gasteiger partial charge in [0.2, 0.25) is 0 Å². The van der Waals surface area contributed by atoms with E-state index in [1.54, 1.807) is 18.3 Å². The molecule has 1 heterocycles. The molecule has 0 atom stereocenters. The number of ether oxygens (including phenoxy) is 1. The van der Waals surface area contributed by atoms with E-state index in [1.807, 2.05) is 52.8 Å². The fourth-order valence-electron chi connectivity index (χ4n) is 2.09. The molecule has 0 fully saturated rings. The quantitative estimate of drug-likeness (QED) is 0.736. The molecule has 0 saturated carbocycles. The van der Waals surface area contributed by atoms with Gasteiger partial charge in [-0.05, 0) is 70.0 Å². The highest BCUT2D eigenvalue weighted by molar-refractivity contribution is 6.31. The molecule has 0 saturated heterocycles. The molecule has 2 aromatic rings. The van der Waals surface area contributed by atoms with Gasteiger partial charge in [-0.25, -0.2) is 14.7 Å². The van der Waals surface area contributed by atoms with Crippen molar-refractivity contribution in [1.29, 1.82) is 0 Å². The molecular formula is C18H21ClN2O2. The van der Waals surface area contributed by atoms with E-state index in [0.717, 1.165) is 11.1 Å². The minimum absolute atomic E-state index is 0.485. The third-order valence-corrected chi connectivity index (χ3v) is 3.35. The number of carbonyl (C=O) groups excluding carboxylic acids is 1. The van der Waals surface area contributed by atoms with Crippen LogP contribution in [-0.2, 0) is 4.74 Å². The Hall–Kier alpha value is -2.07. The summed E-state index contributed by atoms with van der Waals surface area (Å²) in [6.07, 6.45) is 1.18. The zero-order chi connectivity index (χ0) is 17.2. The van der Waals surface area contributed by atoms with Crippen LogP contribution in [0.5, 0.6) is 0 Å². The molecule has 0 spiro atoms. The lowest BCUT2D eigenvalue weighted by Gasteiger charge is -2.28. The van der Waals surface area contributed by atoms with Crippen LogP contribution in [0.1, 0.15) is 31.9 Å². The van der Waals surface area contributed by atoms with E-state index in [2.05, 4.69) is 4.98 Å². The van der Waals surface area contributed by atoms with E-state index in [9.17, 15) is 4.79 Å². The zero-order valence-electron chi connectivity index (χ0n) is 14.1. The summed E-state index contributed by atoms with van der Waals surface area (Å²) in [5.74, 6) is 0.504. The molecule has 0 unspecified atom stereocenters. The lowest BCUT2D eigenvalue weighted by molar-refractivity contribution is 0.0598. The number of hydrogen-bond donors (Lipinski definition) is 0. The second-order valence-electron chi connectivity index (χ2n) is 6.44. The molecule has 23 heavy (non-hydrogen) atoms. The third-order valence-electron chi connectivity index (χ3n) is 3.12. The summed E-state index contributed by atoms with van der Waals surface area (Å²) in [4.78, 5) is 18.5. The maximum Gasteiger partial charge on any atom is 0.420 e. The summed E-state index contributed by atoms with van der Waals surface area (Å²) in [6, 6.07) is 9.11. The van der Waals surface area contributed by atoms with Gasteiger partial charge in [-0.15, -0.1) is 0 Å². The largest absolute Gasteiger partial charge is 0.443 e. The van der Waals surface area contributed by atoms with Crippen molar-refractivity contribution < 1.29 is 9.53 Å². The van der Waals surface area contributed by atoms with Gasteiger partial charge in [-0.2, -0.15) is 0 Å². The smallest absolute Gasteiger partial charge is 0.420 e. The van der Waals surface area contributed by atoms with Gasteiger partial charge in [0.1, 0.15) is 11.4 Å². The Morgan fingerprint density at radius 2 is 1.87 bits per heavy atom. The van der Waals surface area contributed by atoms with Gasteiger partial charge in [-0.1, -0.05) is 17.7 Å². The molecule has 0 N–H and O–H groups in total. The van der Waals surface area contributed by atoms with Gasteiger partial charge in [0.05, 0.1) is 5.69 Å². The number of anilines is 2. The van der Waals surface area contributed by atoms with Crippen LogP contribution >= 0.6 is 11.6 Å². The monoisotopic (exact) mass is 332 g/mol. The number of nitrogens with zero attached hydrogens (tertiary/aromatic N) is 2. The standard InChI is InChI=1S/C18H21ClN2O2/c1-12-8-9-20-16(10-12)21(17(22)23-18(3,4)5)15-11-14(19)7-6-13(15)2/h6-11H,1-5H3. The Labute approximate surface area is 142 Å². The van der Waals surface area contributed by atoms with Crippen molar-refractivity contribution >= 4 is 29.2 Å². The van der Waals surface area contributed by atoms with Crippen LogP contribution in [0.15, 0.2) is 36.5 Å². The van der Waals surface area contributed by atoms with Crippen LogP contribution in [0.25, 0.3) is 0 Å². The summed E-state index contributed by atoms with van der Waals surface area (Å²) in [5.41, 5.74) is 1.96. The van der Waals surface area contributed by atoms with Crippen molar-refractivity contribution in [3.63, 3.8) is 0 Å². The van der Waals surface area contributed by atoms with Gasteiger partial charge in [-0.3, -0.25) is 0 Å². The van der Waals surface area contributed by atoms with Crippen LogP contribution in [-0.4, -0.2) is 16.7 Å². The molecule has 0 aliphatic carbocycles. The minimum atomic E-state index is -0.606. The molecule has 0 aliphatic rings. The van der Waals surface area contributed by atoms with E-state index in [-0.39, 0.29) is 0 Å². The second-order valence-corrected chi connectivity index (χ2v) is 6.87. The minimum Gasteiger partial charge on any atom is -0.443 e. The first-order chi connectivity index (χ1) is 10.7. The molecule has 1 aromatic heterocycles. The van der Waals surface area contributed by atoms with Gasteiger partial charge < -0.3 is 4.74 Å². The van der Waals surface area contributed by atoms with E-state index in [0.29, 0.717) is 16.5 Å². The van der Waals surface area contributed by atoms with Crippen molar-refractivity contribution in [3.05, 3.63) is 52.7 Å². The molecule has 0 bridgehead atoms. The lowest BCUT2D eigenvalue weighted by Crippen LogP contribution is -2.34. The Morgan fingerprint density at radius 1 is 1.17 bits per heavy atom. The summed E-state index contributed by atoms with van der Waals surface area (Å²) in [6.45, 7) is 9.36. The van der Waals surface area contributed by atoms with Gasteiger partial charge in [0.15, 0.2) is 0 Å². The number of rotatable bonds is 2. The summed E-state index contributed by atoms with van der Waals surface area (Å²) in [5, 5.41) is 0.548. The van der Waals surface area contributed by atoms with E-state index >= 15 is 0 Å². The Bertz CT molecular complexity index is 723. The first-order valence-corrected chi connectivity index (χ1v) is 7.77. The summed E-state index contributed by atoms with van der Waals surface area (Å²) < 4.78 is 5.55. The first kappa shape index (κ1) is 17.3. The summed E-state index contributed by atoms with van der Waals surface area (Å²) in [7, 11) is 0. The van der Waals surface area contributed by atoms with Crippen LogP contribution in [0.2, 0.25) is 5.02 Å². The fraction of sp³-hybridized carbons (Fsp3) is 0.333. The number of aryl methyl sites for hydroxylation is 2. The van der Waals surface area contributed by atoms with E-state index in [1.165, 1.54) is 4.90 Å². The van der Waals surface area contributed by atoms with Crippen LogP contribution in [0.4, 0.5) is 16.3 Å². The molecular weight excluding hydrogens is 312 g/mol. The summed E-state index contributed by atoms with van der Waals surface area (Å²) >= 11 is 6.12. The number of carbonyl (C=O) groups is 1. The molecule has 0 aliphatic heterocycles. The maximum absolute atomic E-state index is 12.8. The predicted octanol–water partition coefficient (Wildman–Crippen LogP) is 5.43. The van der Waals surface area contributed by atoms with E-state index < -0.39 is 11.7 Å². The highest BCUT2D eigenvalue weighted by Crippen LogP contribution is 2.31. The van der Waals surface area contributed by atoms with Gasteiger partial charge in [0.25, 0.3) is 0 Å². The average molecular weight is 333 g/mol. The van der Waals surface area contributed by atoms with Crippen molar-refractivity contribution in [1.82, 2.24) is 4.98 Å². The first-order valence-electron chi connectivity index (χ1n) is 7.39. The van der Waals surface area contributed by atoms with Crippen molar-refractivity contribution in [3.8, 4) is 0 Å². The van der Waals surface area contributed by atoms with Crippen molar-refractivity contribution in [2.24, 2.45) is 0 Å². The number of benzene rings is 1. The number of halogens is 1. The number of amides is 1. The second kappa shape index (κ2) is 6.59. The predicted molar refractivity (Wildman–Crippen MR) is 93.5 cm³/mol. The molecule has 2 rings (SSSR count). The molecule has 1 amide bonds. The Kier molecular flexibility index (Phi) is 4.95. The van der Waals surface area contributed by atoms with Crippen LogP contribution in [0.3, 0.4) is 0 Å². The zero-order valence-corrected chi connectivity index (χ0v) is 14.8. The third kappa shape index (κ3) is 4.45. The maximum atomic E-state index is 12.8. The highest BCUT2D eigenvalue weighted by atomic mass is 35.5.